The SMILES string of the molecule is CCC(C)(N)C(=O)N[C@H](C)c1cccnc1. The maximum Gasteiger partial charge on any atom is 0.240 e. The molecule has 0 aliphatic rings. The lowest BCUT2D eigenvalue weighted by Gasteiger charge is -2.24. The fraction of sp³-hybridized carbons (Fsp3) is 0.500. The van der Waals surface area contributed by atoms with Crippen LogP contribution < -0.4 is 11.1 Å². The zero-order valence-corrected chi connectivity index (χ0v) is 10.0. The van der Waals surface area contributed by atoms with Crippen LogP contribution >= 0.6 is 0 Å². The summed E-state index contributed by atoms with van der Waals surface area (Å²) in [6, 6.07) is 3.70. The van der Waals surface area contributed by atoms with Crippen molar-refractivity contribution in [3.63, 3.8) is 0 Å². The molecule has 0 fully saturated rings. The largest absolute Gasteiger partial charge is 0.348 e. The minimum Gasteiger partial charge on any atom is -0.348 e. The van der Waals surface area contributed by atoms with Crippen LogP contribution in [0.3, 0.4) is 0 Å². The highest BCUT2D eigenvalue weighted by Gasteiger charge is 2.27. The highest BCUT2D eigenvalue weighted by atomic mass is 16.2. The number of carbonyl (C=O) groups excluding carboxylic acids is 1. The maximum absolute atomic E-state index is 11.8. The van der Waals surface area contributed by atoms with E-state index >= 15 is 0 Å². The summed E-state index contributed by atoms with van der Waals surface area (Å²) in [5.74, 6) is -0.133. The molecule has 0 saturated heterocycles. The molecule has 2 atom stereocenters. The zero-order valence-electron chi connectivity index (χ0n) is 10.0. The Bertz CT molecular complexity index is 349. The molecule has 0 aliphatic heterocycles. The molecule has 16 heavy (non-hydrogen) atoms. The fourth-order valence-electron chi connectivity index (χ4n) is 1.24. The number of nitrogens with zero attached hydrogens (tertiary/aromatic N) is 1. The Morgan fingerprint density at radius 3 is 2.88 bits per heavy atom. The first-order chi connectivity index (χ1) is 7.47. The number of hydrogen-bond donors (Lipinski definition) is 2. The van der Waals surface area contributed by atoms with Gasteiger partial charge in [-0.3, -0.25) is 9.78 Å². The molecule has 1 amide bonds. The van der Waals surface area contributed by atoms with E-state index in [1.165, 1.54) is 0 Å². The molecular formula is C12H19N3O. The van der Waals surface area contributed by atoms with Crippen molar-refractivity contribution in [1.82, 2.24) is 10.3 Å². The van der Waals surface area contributed by atoms with Crippen molar-refractivity contribution in [2.45, 2.75) is 38.8 Å². The highest BCUT2D eigenvalue weighted by molar-refractivity contribution is 5.85. The van der Waals surface area contributed by atoms with E-state index in [4.69, 9.17) is 5.73 Å². The van der Waals surface area contributed by atoms with Crippen molar-refractivity contribution >= 4 is 5.91 Å². The first-order valence-corrected chi connectivity index (χ1v) is 5.47. The Balaban J connectivity index is 2.66. The Kier molecular flexibility index (Phi) is 4.01. The van der Waals surface area contributed by atoms with E-state index in [0.29, 0.717) is 6.42 Å². The third-order valence-electron chi connectivity index (χ3n) is 2.79. The van der Waals surface area contributed by atoms with Crippen molar-refractivity contribution in [2.24, 2.45) is 5.73 Å². The smallest absolute Gasteiger partial charge is 0.240 e. The van der Waals surface area contributed by atoms with Crippen molar-refractivity contribution in [3.8, 4) is 0 Å². The lowest BCUT2D eigenvalue weighted by molar-refractivity contribution is -0.126. The third-order valence-corrected chi connectivity index (χ3v) is 2.79. The summed E-state index contributed by atoms with van der Waals surface area (Å²) in [4.78, 5) is 15.8. The highest BCUT2D eigenvalue weighted by Crippen LogP contribution is 2.12. The Hall–Kier alpha value is -1.42. The zero-order chi connectivity index (χ0) is 12.2. The number of hydrogen-bond acceptors (Lipinski definition) is 3. The van der Waals surface area contributed by atoms with E-state index < -0.39 is 5.54 Å². The second-order valence-electron chi connectivity index (χ2n) is 4.25. The van der Waals surface area contributed by atoms with E-state index in [1.54, 1.807) is 19.3 Å². The molecule has 88 valence electrons. The molecule has 0 aromatic carbocycles. The molecule has 1 heterocycles. The Morgan fingerprint density at radius 1 is 1.69 bits per heavy atom. The molecule has 1 rings (SSSR count). The monoisotopic (exact) mass is 221 g/mol. The summed E-state index contributed by atoms with van der Waals surface area (Å²) < 4.78 is 0. The summed E-state index contributed by atoms with van der Waals surface area (Å²) in [7, 11) is 0. The van der Waals surface area contributed by atoms with Gasteiger partial charge < -0.3 is 11.1 Å². The fourth-order valence-corrected chi connectivity index (χ4v) is 1.24. The van der Waals surface area contributed by atoms with E-state index in [0.717, 1.165) is 5.56 Å². The average Bonchev–Trinajstić information content (AvgIpc) is 2.30. The van der Waals surface area contributed by atoms with Crippen LogP contribution in [0.4, 0.5) is 0 Å². The topological polar surface area (TPSA) is 68.0 Å². The van der Waals surface area contributed by atoms with Crippen LogP contribution in [0.2, 0.25) is 0 Å². The molecule has 0 radical (unpaired) electrons. The number of nitrogens with one attached hydrogen (secondary N) is 1. The second kappa shape index (κ2) is 5.07. The minimum atomic E-state index is -0.809. The first-order valence-electron chi connectivity index (χ1n) is 5.47. The molecule has 3 N–H and O–H groups in total. The molecule has 1 unspecified atom stereocenters. The summed E-state index contributed by atoms with van der Waals surface area (Å²) in [5.41, 5.74) is 6.02. The number of rotatable bonds is 4. The van der Waals surface area contributed by atoms with Crippen molar-refractivity contribution < 1.29 is 4.79 Å². The number of aromatic nitrogens is 1. The molecule has 4 nitrogen and oxygen atoms in total. The van der Waals surface area contributed by atoms with Gasteiger partial charge in [0.1, 0.15) is 0 Å². The van der Waals surface area contributed by atoms with Gasteiger partial charge >= 0.3 is 0 Å². The average molecular weight is 221 g/mol. The number of pyridine rings is 1. The predicted octanol–water partition coefficient (Wildman–Crippen LogP) is 1.39. The van der Waals surface area contributed by atoms with Gasteiger partial charge in [-0.2, -0.15) is 0 Å². The van der Waals surface area contributed by atoms with Crippen LogP contribution in [0.25, 0.3) is 0 Å². The summed E-state index contributed by atoms with van der Waals surface area (Å²) in [5, 5.41) is 2.88. The molecule has 0 aliphatic carbocycles. The van der Waals surface area contributed by atoms with Crippen molar-refractivity contribution in [1.29, 1.82) is 0 Å². The van der Waals surface area contributed by atoms with Gasteiger partial charge in [-0.15, -0.1) is 0 Å². The molecule has 0 saturated carbocycles. The van der Waals surface area contributed by atoms with Crippen LogP contribution in [0.15, 0.2) is 24.5 Å². The van der Waals surface area contributed by atoms with Crippen LogP contribution in [0.5, 0.6) is 0 Å². The van der Waals surface area contributed by atoms with Gasteiger partial charge in [0, 0.05) is 12.4 Å². The second-order valence-corrected chi connectivity index (χ2v) is 4.25. The summed E-state index contributed by atoms with van der Waals surface area (Å²) >= 11 is 0. The molecular weight excluding hydrogens is 202 g/mol. The van der Waals surface area contributed by atoms with Crippen LogP contribution in [-0.4, -0.2) is 16.4 Å². The Morgan fingerprint density at radius 2 is 2.38 bits per heavy atom. The van der Waals surface area contributed by atoms with Gasteiger partial charge in [0.15, 0.2) is 0 Å². The van der Waals surface area contributed by atoms with Crippen LogP contribution in [0.1, 0.15) is 38.8 Å². The lowest BCUT2D eigenvalue weighted by Crippen LogP contribution is -2.51. The summed E-state index contributed by atoms with van der Waals surface area (Å²) in [6.07, 6.45) is 4.06. The van der Waals surface area contributed by atoms with Gasteiger partial charge in [-0.1, -0.05) is 13.0 Å². The summed E-state index contributed by atoms with van der Waals surface area (Å²) in [6.45, 7) is 5.55. The standard InChI is InChI=1S/C12H19N3O/c1-4-12(3,13)11(16)15-9(2)10-6-5-7-14-8-10/h5-9H,4,13H2,1-3H3,(H,15,16)/t9-,12?/m1/s1. The molecule has 1 aromatic rings. The van der Waals surface area contributed by atoms with Crippen molar-refractivity contribution in [2.75, 3.05) is 0 Å². The lowest BCUT2D eigenvalue weighted by atomic mass is 9.98. The minimum absolute atomic E-state index is 0.0735. The van der Waals surface area contributed by atoms with Crippen molar-refractivity contribution in [3.05, 3.63) is 30.1 Å². The maximum atomic E-state index is 11.8. The normalized spacial score (nSPS) is 16.2. The van der Waals surface area contributed by atoms with Gasteiger partial charge in [0.25, 0.3) is 0 Å². The predicted molar refractivity (Wildman–Crippen MR) is 63.7 cm³/mol. The van der Waals surface area contributed by atoms with Gasteiger partial charge in [-0.05, 0) is 31.9 Å². The number of nitrogens with two attached hydrogens (primary N) is 1. The Labute approximate surface area is 96.3 Å². The van der Waals surface area contributed by atoms with Crippen LogP contribution in [-0.2, 0) is 4.79 Å². The van der Waals surface area contributed by atoms with Crippen LogP contribution in [0, 0.1) is 0 Å². The number of carbonyl (C=O) groups is 1. The van der Waals surface area contributed by atoms with E-state index in [9.17, 15) is 4.79 Å². The first kappa shape index (κ1) is 12.6. The van der Waals surface area contributed by atoms with Gasteiger partial charge in [0.2, 0.25) is 5.91 Å². The molecule has 0 bridgehead atoms. The molecule has 0 spiro atoms. The van der Waals surface area contributed by atoms with E-state index in [2.05, 4.69) is 10.3 Å². The molecule has 1 aromatic heterocycles. The quantitative estimate of drug-likeness (QED) is 0.807. The van der Waals surface area contributed by atoms with E-state index in [-0.39, 0.29) is 11.9 Å². The van der Waals surface area contributed by atoms with E-state index in [1.807, 2.05) is 26.0 Å². The van der Waals surface area contributed by atoms with Gasteiger partial charge in [0.05, 0.1) is 11.6 Å². The third kappa shape index (κ3) is 3.03. The number of amides is 1. The van der Waals surface area contributed by atoms with Gasteiger partial charge in [-0.25, -0.2) is 0 Å². The molecule has 4 heteroatoms.